The molecule has 3 fully saturated rings. The molecule has 2 aromatic rings. The SMILES string of the molecule is CC(C)(C)OC(=O)/N=C(\NCCN(CCc1cc(C2CC3(CC3)[C@H]3CN2C(=O)N3OCc2ccccc2)no1)C(=O)OC(C)(C)C)NC(=O)OC(C)(C)C. The van der Waals surface area contributed by atoms with E-state index in [2.05, 4.69) is 20.8 Å². The Morgan fingerprint density at radius 2 is 1.63 bits per heavy atom. The van der Waals surface area contributed by atoms with Gasteiger partial charge in [0.15, 0.2) is 0 Å². The number of aromatic nitrogens is 1. The van der Waals surface area contributed by atoms with Crippen molar-refractivity contribution in [3.05, 3.63) is 53.4 Å². The summed E-state index contributed by atoms with van der Waals surface area (Å²) in [6.07, 6.45) is 0.787. The number of alkyl carbamates (subject to hydrolysis) is 1. The Bertz CT molecular complexity index is 1690. The Balaban J connectivity index is 1.23. The summed E-state index contributed by atoms with van der Waals surface area (Å²) in [5.74, 6) is 0.340. The number of guanidine groups is 1. The number of nitrogens with zero attached hydrogens (tertiary/aromatic N) is 5. The van der Waals surface area contributed by atoms with E-state index >= 15 is 0 Å². The van der Waals surface area contributed by atoms with E-state index in [1.165, 1.54) is 4.90 Å². The average molecular weight is 754 g/mol. The monoisotopic (exact) mass is 753 g/mol. The number of nitrogens with one attached hydrogen (secondary N) is 2. The molecule has 1 aromatic heterocycles. The second-order valence-electron chi connectivity index (χ2n) is 17.0. The third-order valence-corrected chi connectivity index (χ3v) is 8.96. The molecule has 2 aliphatic heterocycles. The smallest absolute Gasteiger partial charge is 0.437 e. The van der Waals surface area contributed by atoms with Gasteiger partial charge in [0.1, 0.15) is 34.9 Å². The van der Waals surface area contributed by atoms with Gasteiger partial charge in [-0.1, -0.05) is 35.5 Å². The normalized spacial score (nSPS) is 19.4. The first-order valence-corrected chi connectivity index (χ1v) is 18.5. The molecule has 16 heteroatoms. The topological polar surface area (TPSA) is 177 Å². The molecular weight excluding hydrogens is 698 g/mol. The minimum Gasteiger partial charge on any atom is -0.444 e. The molecular formula is C38H55N7O9. The maximum absolute atomic E-state index is 13.6. The third kappa shape index (κ3) is 11.1. The molecule has 16 nitrogen and oxygen atoms in total. The van der Waals surface area contributed by atoms with Crippen LogP contribution in [-0.2, 0) is 32.1 Å². The number of carbonyl (C=O) groups is 4. The first kappa shape index (κ1) is 40.3. The molecule has 2 N–H and O–H groups in total. The van der Waals surface area contributed by atoms with Gasteiger partial charge < -0.3 is 33.9 Å². The number of hydrogen-bond acceptors (Lipinski definition) is 10. The second kappa shape index (κ2) is 15.9. The maximum atomic E-state index is 13.6. The number of urea groups is 1. The lowest BCUT2D eigenvalue weighted by Crippen LogP contribution is -2.47. The fourth-order valence-electron chi connectivity index (χ4n) is 6.43. The average Bonchev–Trinajstić information content (AvgIpc) is 3.52. The first-order valence-electron chi connectivity index (χ1n) is 18.5. The first-order chi connectivity index (χ1) is 25.2. The van der Waals surface area contributed by atoms with Gasteiger partial charge in [0.05, 0.1) is 12.1 Å². The molecule has 0 radical (unpaired) electrons. The van der Waals surface area contributed by atoms with Crippen molar-refractivity contribution in [2.75, 3.05) is 26.2 Å². The highest BCUT2D eigenvalue weighted by Crippen LogP contribution is 2.61. The van der Waals surface area contributed by atoms with E-state index in [0.717, 1.165) is 24.8 Å². The summed E-state index contributed by atoms with van der Waals surface area (Å²) in [6.45, 7) is 16.8. The highest BCUT2D eigenvalue weighted by molar-refractivity contribution is 5.98. The number of ether oxygens (including phenoxy) is 3. The van der Waals surface area contributed by atoms with E-state index < -0.39 is 35.1 Å². The number of rotatable bonds is 10. The van der Waals surface area contributed by atoms with Gasteiger partial charge in [-0.25, -0.2) is 19.2 Å². The Hall–Kier alpha value is -4.86. The lowest BCUT2D eigenvalue weighted by atomic mass is 9.84. The van der Waals surface area contributed by atoms with Crippen molar-refractivity contribution in [1.82, 2.24) is 30.7 Å². The van der Waals surface area contributed by atoms with Crippen LogP contribution in [-0.4, -0.2) is 99.3 Å². The van der Waals surface area contributed by atoms with Crippen molar-refractivity contribution in [3.63, 3.8) is 0 Å². The molecule has 1 unspecified atom stereocenters. The van der Waals surface area contributed by atoms with Crippen LogP contribution in [0.3, 0.4) is 0 Å². The predicted molar refractivity (Wildman–Crippen MR) is 197 cm³/mol. The van der Waals surface area contributed by atoms with Crippen LogP contribution in [0.25, 0.3) is 0 Å². The molecule has 1 aromatic carbocycles. The zero-order chi connectivity index (χ0) is 39.5. The standard InChI is InChI=1S/C38H55N7O9/c1-35(2,3)51-31(46)40-30(41-32(47)52-36(4,5)6)39-18-20-43(34(49)53-37(7,8)9)19-15-26-21-27(42-54-26)28-22-38(16-17-38)29-23-44(28)33(48)45(29)50-24-25-13-11-10-12-14-25/h10-14,21,28-29H,15-20,22-24H2,1-9H3,(H2,39,40,41,46,47)/t28?,29-/m1/s1. The maximum Gasteiger partial charge on any atom is 0.437 e. The summed E-state index contributed by atoms with van der Waals surface area (Å²) in [5, 5.41) is 11.3. The van der Waals surface area contributed by atoms with Crippen LogP contribution in [0, 0.1) is 5.41 Å². The molecule has 2 saturated heterocycles. The predicted octanol–water partition coefficient (Wildman–Crippen LogP) is 6.32. The largest absolute Gasteiger partial charge is 0.444 e. The molecule has 54 heavy (non-hydrogen) atoms. The van der Waals surface area contributed by atoms with Crippen LogP contribution < -0.4 is 10.6 Å². The van der Waals surface area contributed by atoms with Crippen LogP contribution >= 0.6 is 0 Å². The van der Waals surface area contributed by atoms with Crippen molar-refractivity contribution in [1.29, 1.82) is 0 Å². The van der Waals surface area contributed by atoms with Crippen LogP contribution in [0.15, 0.2) is 45.9 Å². The number of aliphatic imine (C=N–C) groups is 1. The fraction of sp³-hybridized carbons (Fsp3) is 0.632. The summed E-state index contributed by atoms with van der Waals surface area (Å²) in [4.78, 5) is 65.3. The van der Waals surface area contributed by atoms with Gasteiger partial charge in [-0.15, -0.1) is 4.99 Å². The molecule has 2 bridgehead atoms. The highest BCUT2D eigenvalue weighted by atomic mass is 16.7. The van der Waals surface area contributed by atoms with Gasteiger partial charge in [0.25, 0.3) is 0 Å². The van der Waals surface area contributed by atoms with Crippen LogP contribution in [0.4, 0.5) is 19.2 Å². The van der Waals surface area contributed by atoms with Crippen LogP contribution in [0.2, 0.25) is 0 Å². The van der Waals surface area contributed by atoms with Crippen molar-refractivity contribution in [2.24, 2.45) is 10.4 Å². The number of amides is 5. The van der Waals surface area contributed by atoms with E-state index in [4.69, 9.17) is 23.6 Å². The summed E-state index contributed by atoms with van der Waals surface area (Å²) < 4.78 is 22.0. The second-order valence-corrected chi connectivity index (χ2v) is 17.0. The molecule has 3 heterocycles. The number of piperidine rings is 1. The fourth-order valence-corrected chi connectivity index (χ4v) is 6.43. The Morgan fingerprint density at radius 1 is 0.963 bits per heavy atom. The minimum atomic E-state index is -0.921. The Morgan fingerprint density at radius 3 is 2.26 bits per heavy atom. The number of benzene rings is 1. The summed E-state index contributed by atoms with van der Waals surface area (Å²) in [6, 6.07) is 11.2. The van der Waals surface area contributed by atoms with Crippen molar-refractivity contribution >= 4 is 30.3 Å². The van der Waals surface area contributed by atoms with Crippen molar-refractivity contribution in [3.8, 4) is 0 Å². The number of carbonyl (C=O) groups excluding carboxylic acids is 4. The minimum absolute atomic E-state index is 0.0126. The molecule has 296 valence electrons. The third-order valence-electron chi connectivity index (χ3n) is 8.96. The van der Waals surface area contributed by atoms with E-state index in [-0.39, 0.29) is 49.1 Å². The molecule has 5 amide bonds. The van der Waals surface area contributed by atoms with E-state index in [1.54, 1.807) is 67.4 Å². The Labute approximate surface area is 316 Å². The highest BCUT2D eigenvalue weighted by Gasteiger charge is 2.63. The lowest BCUT2D eigenvalue weighted by Gasteiger charge is -2.35. The van der Waals surface area contributed by atoms with E-state index in [0.29, 0.717) is 31.0 Å². The zero-order valence-corrected chi connectivity index (χ0v) is 32.9. The van der Waals surface area contributed by atoms with Crippen molar-refractivity contribution < 1.29 is 42.7 Å². The lowest BCUT2D eigenvalue weighted by molar-refractivity contribution is -0.153. The molecule has 1 spiro atoms. The number of hydroxylamine groups is 2. The summed E-state index contributed by atoms with van der Waals surface area (Å²) in [5.41, 5.74) is -0.737. The van der Waals surface area contributed by atoms with Gasteiger partial charge in [-0.2, -0.15) is 5.06 Å². The molecule has 5 rings (SSSR count). The van der Waals surface area contributed by atoms with E-state index in [9.17, 15) is 19.2 Å². The zero-order valence-electron chi connectivity index (χ0n) is 32.9. The van der Waals surface area contributed by atoms with Gasteiger partial charge in [0.2, 0.25) is 5.96 Å². The van der Waals surface area contributed by atoms with Gasteiger partial charge in [-0.3, -0.25) is 10.2 Å². The summed E-state index contributed by atoms with van der Waals surface area (Å²) in [7, 11) is 0. The number of hydrogen-bond donors (Lipinski definition) is 2. The van der Waals surface area contributed by atoms with Gasteiger partial charge in [-0.05, 0) is 92.6 Å². The molecule has 1 saturated carbocycles. The van der Waals surface area contributed by atoms with E-state index in [1.807, 2.05) is 41.3 Å². The molecule has 2 atom stereocenters. The Kier molecular flexibility index (Phi) is 11.8. The quantitative estimate of drug-likeness (QED) is 0.158. The van der Waals surface area contributed by atoms with Gasteiger partial charge in [0, 0.05) is 38.7 Å². The summed E-state index contributed by atoms with van der Waals surface area (Å²) >= 11 is 0. The molecule has 1 aliphatic carbocycles. The van der Waals surface area contributed by atoms with Crippen molar-refractivity contribution in [2.45, 2.75) is 123 Å². The van der Waals surface area contributed by atoms with Crippen LogP contribution in [0.1, 0.15) is 105 Å². The van der Waals surface area contributed by atoms with Gasteiger partial charge >= 0.3 is 24.3 Å². The number of fused-ring (bicyclic) bond motifs is 3. The molecule has 3 aliphatic rings. The van der Waals surface area contributed by atoms with Crippen LogP contribution in [0.5, 0.6) is 0 Å².